The Morgan fingerprint density at radius 2 is 1.71 bits per heavy atom. The van der Waals surface area contributed by atoms with Crippen LogP contribution in [0.3, 0.4) is 0 Å². The number of nitrogens with zero attached hydrogens (tertiary/aromatic N) is 3. The van der Waals surface area contributed by atoms with E-state index in [9.17, 15) is 8.42 Å². The third kappa shape index (κ3) is 7.69. The van der Waals surface area contributed by atoms with Crippen LogP contribution in [0.25, 0.3) is 0 Å². The van der Waals surface area contributed by atoms with E-state index in [-0.39, 0.29) is 11.2 Å². The molecule has 2 aromatic rings. The standard InChI is InChI=1S/C19H25N5O2S2/c1-19(2,3)15-10-8-14(9-11-15)12-20-18(27)21-13-16-6-5-7-17(22-16)23-24-28(4,25)26/h5-11H,12-13H2,1-4H3,(H2,20,21,27). The maximum absolute atomic E-state index is 11.0. The zero-order valence-electron chi connectivity index (χ0n) is 16.4. The lowest BCUT2D eigenvalue weighted by molar-refractivity contribution is 0.590. The summed E-state index contributed by atoms with van der Waals surface area (Å²) in [5.41, 5.74) is 3.23. The molecule has 0 saturated carbocycles. The zero-order chi connectivity index (χ0) is 20.8. The van der Waals surface area contributed by atoms with Gasteiger partial charge in [0, 0.05) is 6.54 Å². The first-order chi connectivity index (χ1) is 13.0. The van der Waals surface area contributed by atoms with E-state index in [1.807, 2.05) is 0 Å². The lowest BCUT2D eigenvalue weighted by Crippen LogP contribution is -2.34. The number of aromatic nitrogens is 1. The number of nitrogens with one attached hydrogen (secondary N) is 2. The summed E-state index contributed by atoms with van der Waals surface area (Å²) in [5.74, 6) is 0.225. The first-order valence-corrected chi connectivity index (χ1v) is 11.0. The highest BCUT2D eigenvalue weighted by atomic mass is 32.2. The van der Waals surface area contributed by atoms with Crippen molar-refractivity contribution in [2.24, 2.45) is 9.63 Å². The van der Waals surface area contributed by atoms with Gasteiger partial charge in [0.1, 0.15) is 0 Å². The van der Waals surface area contributed by atoms with Crippen molar-refractivity contribution in [2.75, 3.05) is 6.26 Å². The smallest absolute Gasteiger partial charge is 0.267 e. The summed E-state index contributed by atoms with van der Waals surface area (Å²) in [6, 6.07) is 13.5. The Balaban J connectivity index is 1.85. The molecule has 0 saturated heterocycles. The van der Waals surface area contributed by atoms with Crippen LogP contribution in [0.4, 0.5) is 5.82 Å². The van der Waals surface area contributed by atoms with Gasteiger partial charge in [-0.15, -0.1) is 5.11 Å². The number of thiocarbonyl (C=S) groups is 1. The monoisotopic (exact) mass is 419 g/mol. The summed E-state index contributed by atoms with van der Waals surface area (Å²) in [7, 11) is -3.53. The van der Waals surface area contributed by atoms with Crippen LogP contribution in [0, 0.1) is 0 Å². The number of pyridine rings is 1. The van der Waals surface area contributed by atoms with E-state index in [4.69, 9.17) is 12.2 Å². The summed E-state index contributed by atoms with van der Waals surface area (Å²) >= 11 is 5.30. The Morgan fingerprint density at radius 1 is 1.07 bits per heavy atom. The van der Waals surface area contributed by atoms with Crippen LogP contribution in [0.1, 0.15) is 37.6 Å². The molecule has 7 nitrogen and oxygen atoms in total. The van der Waals surface area contributed by atoms with Gasteiger partial charge in [-0.2, -0.15) is 0 Å². The topological polar surface area (TPSA) is 95.8 Å². The molecular weight excluding hydrogens is 394 g/mol. The highest BCUT2D eigenvalue weighted by Crippen LogP contribution is 2.22. The van der Waals surface area contributed by atoms with Crippen LogP contribution < -0.4 is 10.6 Å². The van der Waals surface area contributed by atoms with Gasteiger partial charge in [-0.05, 0) is 40.9 Å². The molecule has 2 N–H and O–H groups in total. The molecule has 0 amide bonds. The van der Waals surface area contributed by atoms with Gasteiger partial charge < -0.3 is 10.6 Å². The molecule has 0 atom stereocenters. The molecule has 1 aromatic carbocycles. The van der Waals surface area contributed by atoms with E-state index in [0.29, 0.717) is 23.9 Å². The van der Waals surface area contributed by atoms with Gasteiger partial charge in [0.15, 0.2) is 10.9 Å². The molecule has 1 heterocycles. The van der Waals surface area contributed by atoms with Crippen molar-refractivity contribution < 1.29 is 8.42 Å². The zero-order valence-corrected chi connectivity index (χ0v) is 18.1. The van der Waals surface area contributed by atoms with Crippen LogP contribution in [-0.2, 0) is 28.5 Å². The molecule has 9 heteroatoms. The van der Waals surface area contributed by atoms with Crippen LogP contribution in [0.15, 0.2) is 52.1 Å². The minimum Gasteiger partial charge on any atom is -0.359 e. The second-order valence-electron chi connectivity index (χ2n) is 7.38. The van der Waals surface area contributed by atoms with Crippen LogP contribution in [0.5, 0.6) is 0 Å². The largest absolute Gasteiger partial charge is 0.359 e. The van der Waals surface area contributed by atoms with Crippen molar-refractivity contribution in [1.82, 2.24) is 15.6 Å². The third-order valence-corrected chi connectivity index (χ3v) is 4.45. The van der Waals surface area contributed by atoms with Crippen LogP contribution in [-0.4, -0.2) is 24.8 Å². The average Bonchev–Trinajstić information content (AvgIpc) is 2.62. The fourth-order valence-corrected chi connectivity index (χ4v) is 2.65. The molecule has 0 aliphatic rings. The number of rotatable bonds is 6. The Kier molecular flexibility index (Phi) is 7.20. The van der Waals surface area contributed by atoms with Gasteiger partial charge >= 0.3 is 0 Å². The van der Waals surface area contributed by atoms with Crippen molar-refractivity contribution in [3.63, 3.8) is 0 Å². The first-order valence-electron chi connectivity index (χ1n) is 8.73. The summed E-state index contributed by atoms with van der Waals surface area (Å²) in [5, 5.41) is 10.3. The van der Waals surface area contributed by atoms with Gasteiger partial charge in [0.25, 0.3) is 10.0 Å². The van der Waals surface area contributed by atoms with Gasteiger partial charge in [0.05, 0.1) is 18.5 Å². The lowest BCUT2D eigenvalue weighted by Gasteiger charge is -2.19. The molecular formula is C19H25N5O2S2. The van der Waals surface area contributed by atoms with Crippen LogP contribution in [0.2, 0.25) is 0 Å². The van der Waals surface area contributed by atoms with Crippen LogP contribution >= 0.6 is 12.2 Å². The maximum Gasteiger partial charge on any atom is 0.267 e. The Labute approximate surface area is 171 Å². The molecule has 0 radical (unpaired) electrons. The van der Waals surface area contributed by atoms with Crippen molar-refractivity contribution >= 4 is 33.2 Å². The average molecular weight is 420 g/mol. The summed E-state index contributed by atoms with van der Waals surface area (Å²) in [6.07, 6.45) is 0.975. The van der Waals surface area contributed by atoms with E-state index in [1.165, 1.54) is 5.56 Å². The molecule has 0 unspecified atom stereocenters. The minimum absolute atomic E-state index is 0.130. The van der Waals surface area contributed by atoms with E-state index in [1.54, 1.807) is 18.2 Å². The predicted octanol–water partition coefficient (Wildman–Crippen LogP) is 3.59. The van der Waals surface area contributed by atoms with E-state index < -0.39 is 10.0 Å². The molecule has 0 spiro atoms. The number of hydrogen-bond acceptors (Lipinski definition) is 5. The highest BCUT2D eigenvalue weighted by molar-refractivity contribution is 7.89. The Bertz CT molecular complexity index is 949. The lowest BCUT2D eigenvalue weighted by atomic mass is 9.87. The fourth-order valence-electron chi connectivity index (χ4n) is 2.28. The number of benzene rings is 1. The molecule has 1 aromatic heterocycles. The third-order valence-electron chi connectivity index (χ3n) is 3.79. The van der Waals surface area contributed by atoms with Gasteiger partial charge in [-0.1, -0.05) is 55.6 Å². The second kappa shape index (κ2) is 9.20. The molecule has 0 bridgehead atoms. The van der Waals surface area contributed by atoms with Crippen molar-refractivity contribution in [3.05, 3.63) is 59.3 Å². The normalized spacial score (nSPS) is 12.1. The highest BCUT2D eigenvalue weighted by Gasteiger charge is 2.12. The number of hydrogen-bond donors (Lipinski definition) is 2. The molecule has 28 heavy (non-hydrogen) atoms. The van der Waals surface area contributed by atoms with Gasteiger partial charge in [-0.3, -0.25) is 0 Å². The molecule has 2 rings (SSSR count). The van der Waals surface area contributed by atoms with E-state index in [0.717, 1.165) is 11.8 Å². The SMILES string of the molecule is CC(C)(C)c1ccc(CNC(=S)NCc2cccc(N=NS(C)(=O)=O)n2)cc1. The predicted molar refractivity (Wildman–Crippen MR) is 115 cm³/mol. The van der Waals surface area contributed by atoms with E-state index >= 15 is 0 Å². The van der Waals surface area contributed by atoms with Crippen molar-refractivity contribution in [3.8, 4) is 0 Å². The summed E-state index contributed by atoms with van der Waals surface area (Å²) in [6.45, 7) is 7.56. The maximum atomic E-state index is 11.0. The molecule has 0 aliphatic heterocycles. The first kappa shape index (κ1) is 21.9. The fraction of sp³-hybridized carbons (Fsp3) is 0.368. The summed E-state index contributed by atoms with van der Waals surface area (Å²) < 4.78 is 25.3. The summed E-state index contributed by atoms with van der Waals surface area (Å²) in [4.78, 5) is 4.22. The van der Waals surface area contributed by atoms with Crippen molar-refractivity contribution in [1.29, 1.82) is 0 Å². The Morgan fingerprint density at radius 3 is 2.32 bits per heavy atom. The molecule has 150 valence electrons. The van der Waals surface area contributed by atoms with E-state index in [2.05, 4.69) is 70.3 Å². The van der Waals surface area contributed by atoms with Gasteiger partial charge in [0.2, 0.25) is 0 Å². The number of sulfonamides is 1. The minimum atomic E-state index is -3.53. The Hall–Kier alpha value is -2.39. The quantitative estimate of drug-likeness (QED) is 0.549. The molecule has 0 fully saturated rings. The second-order valence-corrected chi connectivity index (χ2v) is 9.42. The molecule has 0 aliphatic carbocycles. The van der Waals surface area contributed by atoms with Gasteiger partial charge in [-0.25, -0.2) is 13.4 Å². The van der Waals surface area contributed by atoms with Crippen molar-refractivity contribution in [2.45, 2.75) is 39.3 Å².